The van der Waals surface area contributed by atoms with E-state index < -0.39 is 5.41 Å². The van der Waals surface area contributed by atoms with Crippen LogP contribution >= 0.6 is 23.5 Å². The first-order valence-corrected chi connectivity index (χ1v) is 31.3. The second-order valence-electron chi connectivity index (χ2n) is 23.5. The first-order valence-electron chi connectivity index (χ1n) is 29.7. The van der Waals surface area contributed by atoms with Crippen molar-refractivity contribution in [2.75, 3.05) is 9.80 Å². The number of hydrogen-bond acceptors (Lipinski definition) is 4. The van der Waals surface area contributed by atoms with Crippen molar-refractivity contribution in [2.24, 2.45) is 0 Å². The van der Waals surface area contributed by atoms with Crippen molar-refractivity contribution < 1.29 is 0 Å². The van der Waals surface area contributed by atoms with E-state index in [1.807, 2.05) is 23.5 Å². The second-order valence-corrected chi connectivity index (χ2v) is 25.7. The zero-order valence-corrected chi connectivity index (χ0v) is 49.2. The Balaban J connectivity index is 0.900. The molecule has 0 radical (unpaired) electrons. The molecular weight excluding hydrogens is 1080 g/mol. The summed E-state index contributed by atoms with van der Waals surface area (Å²) >= 11 is 3.83. The summed E-state index contributed by atoms with van der Waals surface area (Å²) in [5, 5.41) is 0. The third-order valence-electron chi connectivity index (χ3n) is 18.6. The van der Waals surface area contributed by atoms with Crippen LogP contribution in [0.5, 0.6) is 0 Å². The van der Waals surface area contributed by atoms with Crippen molar-refractivity contribution in [3.05, 3.63) is 337 Å². The van der Waals surface area contributed by atoms with E-state index in [9.17, 15) is 0 Å². The molecule has 4 aliphatic rings. The van der Waals surface area contributed by atoms with Crippen molar-refractivity contribution in [3.8, 4) is 66.8 Å². The lowest BCUT2D eigenvalue weighted by molar-refractivity contribution is 0.660. The van der Waals surface area contributed by atoms with Crippen LogP contribution in [0, 0.1) is 0 Å². The lowest BCUT2D eigenvalue weighted by Gasteiger charge is -2.34. The van der Waals surface area contributed by atoms with Gasteiger partial charge in [0, 0.05) is 64.7 Å². The Hall–Kier alpha value is -9.84. The Labute approximate surface area is 511 Å². The van der Waals surface area contributed by atoms with Crippen LogP contribution in [0.1, 0.15) is 47.2 Å². The summed E-state index contributed by atoms with van der Waals surface area (Å²) in [5.74, 6) is 0. The molecule has 0 fully saturated rings. The highest BCUT2D eigenvalue weighted by molar-refractivity contribution is 8.05. The molecule has 406 valence electrons. The van der Waals surface area contributed by atoms with Gasteiger partial charge in [-0.15, -0.1) is 0 Å². The average Bonchev–Trinajstić information content (AvgIpc) is 1.59. The molecule has 1 aliphatic heterocycles. The molecule has 1 atom stereocenters. The van der Waals surface area contributed by atoms with Gasteiger partial charge in [-0.25, -0.2) is 0 Å². The SMILES string of the molecule is CC1(C)c2ccccc2-c2ccc(N(c3ccc(-c4ccccc4)cc3)c3ccc4c(c3)C3(c5ccccc5-c5ccc(N(c6ccc(-c7ccccc7)cc6)c6ccc(-c7ccccc7)cc6)cc53)c3ccc5c(c3-4)Sc3ccccc3S5)cc21. The normalized spacial score (nSPS) is 14.9. The predicted octanol–water partition coefficient (Wildman–Crippen LogP) is 22.9. The van der Waals surface area contributed by atoms with Gasteiger partial charge in [0.1, 0.15) is 0 Å². The van der Waals surface area contributed by atoms with Crippen molar-refractivity contribution in [1.29, 1.82) is 0 Å². The monoisotopic (exact) mass is 1130 g/mol. The molecule has 1 unspecified atom stereocenters. The quantitative estimate of drug-likeness (QED) is 0.142. The molecule has 1 heterocycles. The van der Waals surface area contributed by atoms with E-state index >= 15 is 0 Å². The van der Waals surface area contributed by atoms with Gasteiger partial charge >= 0.3 is 0 Å². The van der Waals surface area contributed by atoms with Gasteiger partial charge < -0.3 is 9.80 Å². The van der Waals surface area contributed by atoms with Crippen LogP contribution in [0.3, 0.4) is 0 Å². The third kappa shape index (κ3) is 7.83. The molecule has 86 heavy (non-hydrogen) atoms. The number of hydrogen-bond donors (Lipinski definition) is 0. The average molecular weight is 1130 g/mol. The van der Waals surface area contributed by atoms with Crippen LogP contribution in [-0.2, 0) is 10.8 Å². The van der Waals surface area contributed by atoms with Crippen molar-refractivity contribution in [1.82, 2.24) is 0 Å². The van der Waals surface area contributed by atoms with E-state index in [1.165, 1.54) is 120 Å². The maximum Gasteiger partial charge on any atom is 0.0727 e. The van der Waals surface area contributed by atoms with Crippen LogP contribution in [0.15, 0.2) is 323 Å². The van der Waals surface area contributed by atoms with Crippen molar-refractivity contribution in [2.45, 2.75) is 44.3 Å². The molecule has 4 heteroatoms. The fourth-order valence-electron chi connectivity index (χ4n) is 14.5. The third-order valence-corrected chi connectivity index (χ3v) is 21.1. The molecule has 13 aromatic rings. The van der Waals surface area contributed by atoms with Crippen molar-refractivity contribution in [3.63, 3.8) is 0 Å². The molecule has 17 rings (SSSR count). The molecule has 0 saturated carbocycles. The van der Waals surface area contributed by atoms with Crippen LogP contribution in [0.25, 0.3) is 66.8 Å². The Morgan fingerprint density at radius 2 is 0.605 bits per heavy atom. The van der Waals surface area contributed by atoms with Gasteiger partial charge in [0.05, 0.1) is 5.41 Å². The summed E-state index contributed by atoms with van der Waals surface area (Å²) in [6.45, 7) is 4.77. The number of anilines is 6. The van der Waals surface area contributed by atoms with Gasteiger partial charge in [-0.1, -0.05) is 250 Å². The summed E-state index contributed by atoms with van der Waals surface area (Å²) in [4.78, 5) is 10.2. The van der Waals surface area contributed by atoms with Crippen LogP contribution in [0.2, 0.25) is 0 Å². The van der Waals surface area contributed by atoms with Crippen LogP contribution in [-0.4, -0.2) is 0 Å². The van der Waals surface area contributed by atoms with E-state index in [4.69, 9.17) is 0 Å². The molecule has 1 spiro atoms. The fraction of sp³-hybridized carbons (Fsp3) is 0.0488. The van der Waals surface area contributed by atoms with Crippen LogP contribution in [0.4, 0.5) is 34.1 Å². The summed E-state index contributed by atoms with van der Waals surface area (Å²) in [7, 11) is 0. The Morgan fingerprint density at radius 3 is 1.13 bits per heavy atom. The molecule has 0 saturated heterocycles. The molecule has 2 nitrogen and oxygen atoms in total. The van der Waals surface area contributed by atoms with Gasteiger partial charge in [0.2, 0.25) is 0 Å². The van der Waals surface area contributed by atoms with Gasteiger partial charge in [-0.2, -0.15) is 0 Å². The summed E-state index contributed by atoms with van der Waals surface area (Å²) in [5.41, 5.74) is 28.6. The number of benzene rings is 13. The molecule has 13 aromatic carbocycles. The van der Waals surface area contributed by atoms with Gasteiger partial charge in [-0.05, 0) is 186 Å². The number of fused-ring (bicyclic) bond motifs is 16. The minimum absolute atomic E-state index is 0.182. The maximum absolute atomic E-state index is 2.56. The Bertz CT molecular complexity index is 4740. The smallest absolute Gasteiger partial charge is 0.0727 e. The highest BCUT2D eigenvalue weighted by atomic mass is 32.2. The highest BCUT2D eigenvalue weighted by Crippen LogP contribution is 2.67. The minimum atomic E-state index is -0.690. The van der Waals surface area contributed by atoms with E-state index in [1.54, 1.807) is 0 Å². The van der Waals surface area contributed by atoms with E-state index in [-0.39, 0.29) is 5.41 Å². The largest absolute Gasteiger partial charge is 0.310 e. The lowest BCUT2D eigenvalue weighted by Crippen LogP contribution is -2.26. The molecule has 0 N–H and O–H groups in total. The second kappa shape index (κ2) is 19.9. The molecule has 0 bridgehead atoms. The molecule has 0 amide bonds. The zero-order valence-electron chi connectivity index (χ0n) is 47.6. The summed E-state index contributed by atoms with van der Waals surface area (Å²) in [6, 6.07) is 113. The van der Waals surface area contributed by atoms with E-state index in [0.717, 1.165) is 34.1 Å². The van der Waals surface area contributed by atoms with Gasteiger partial charge in [-0.3, -0.25) is 0 Å². The highest BCUT2D eigenvalue weighted by Gasteiger charge is 2.53. The predicted molar refractivity (Wildman–Crippen MR) is 361 cm³/mol. The molecular formula is C82H56N2S2. The standard InChI is InChI=1S/C82H56N2S2/c1-81(2)70-26-14-12-24-65(70)67-45-42-62(50-73(67)81)84(61-40-34-58(35-41-61)55-22-10-5-11-23-55)64-44-47-69-75(52-64)82(72-48-49-78-80(79(69)72)86-77-29-17-16-28-76(77)85-78)71-27-15-13-25-66(71)68-46-43-63(51-74(68)82)83(59-36-30-56(31-37-59)53-18-6-3-7-19-53)60-38-32-57(33-39-60)54-20-8-4-9-21-54/h3-52H,1-2H3. The molecule has 3 aliphatic carbocycles. The zero-order chi connectivity index (χ0) is 57.1. The number of rotatable bonds is 9. The number of nitrogens with zero attached hydrogens (tertiary/aromatic N) is 2. The van der Waals surface area contributed by atoms with E-state index in [0.29, 0.717) is 0 Å². The Morgan fingerprint density at radius 1 is 0.244 bits per heavy atom. The first-order chi connectivity index (χ1) is 42.4. The van der Waals surface area contributed by atoms with Gasteiger partial charge in [0.15, 0.2) is 0 Å². The Kier molecular flexibility index (Phi) is 11.7. The van der Waals surface area contributed by atoms with Crippen LogP contribution < -0.4 is 9.80 Å². The summed E-state index contributed by atoms with van der Waals surface area (Å²) in [6.07, 6.45) is 0. The summed E-state index contributed by atoms with van der Waals surface area (Å²) < 4.78 is 0. The van der Waals surface area contributed by atoms with E-state index in [2.05, 4.69) is 327 Å². The van der Waals surface area contributed by atoms with Crippen molar-refractivity contribution >= 4 is 57.6 Å². The fourth-order valence-corrected chi connectivity index (χ4v) is 16.9. The maximum atomic E-state index is 2.56. The van der Waals surface area contributed by atoms with Gasteiger partial charge in [0.25, 0.3) is 0 Å². The lowest BCUT2D eigenvalue weighted by atomic mass is 9.70. The minimum Gasteiger partial charge on any atom is -0.310 e. The topological polar surface area (TPSA) is 6.48 Å². The molecule has 0 aromatic heterocycles. The first kappa shape index (κ1) is 50.7.